The van der Waals surface area contributed by atoms with Crippen LogP contribution in [-0.4, -0.2) is 28.6 Å². The molecule has 0 aromatic carbocycles. The van der Waals surface area contributed by atoms with Crippen molar-refractivity contribution in [1.82, 2.24) is 4.98 Å². The number of hydrogen-bond acceptors (Lipinski definition) is 5. The summed E-state index contributed by atoms with van der Waals surface area (Å²) in [5.41, 5.74) is 1.30. The van der Waals surface area contributed by atoms with Crippen molar-refractivity contribution < 1.29 is 24.5 Å². The number of aromatic nitrogens is 1. The van der Waals surface area contributed by atoms with E-state index >= 15 is 0 Å². The molecule has 6 heteroatoms. The van der Waals surface area contributed by atoms with Gasteiger partial charge in [-0.05, 0) is 24.6 Å². The van der Waals surface area contributed by atoms with E-state index in [1.54, 1.807) is 12.1 Å². The van der Waals surface area contributed by atoms with Crippen molar-refractivity contribution in [3.63, 3.8) is 0 Å². The summed E-state index contributed by atoms with van der Waals surface area (Å²) in [6.45, 7) is 2.65. The van der Waals surface area contributed by atoms with E-state index in [0.29, 0.717) is 24.5 Å². The van der Waals surface area contributed by atoms with Gasteiger partial charge in [-0.15, -0.1) is 0 Å². The van der Waals surface area contributed by atoms with Gasteiger partial charge in [0.2, 0.25) is 0 Å². The summed E-state index contributed by atoms with van der Waals surface area (Å²) in [6, 6.07) is 3.18. The number of aliphatic carboxylic acids is 2. The standard InChI is InChI=1S/C12H15NO5/c1-2-18-7-8-3-9(5-11(14)15)13-10(4-8)6-12(16)17/h3-4H,2,5-7H2,1H3,(H,14,15)(H,16,17)/p-1. The Balaban J connectivity index is 2.95. The highest BCUT2D eigenvalue weighted by Gasteiger charge is 2.07. The van der Waals surface area contributed by atoms with Gasteiger partial charge in [0.15, 0.2) is 0 Å². The molecular formula is C12H14NO5-. The number of carboxylic acids is 2. The van der Waals surface area contributed by atoms with Crippen molar-refractivity contribution in [3.05, 3.63) is 29.1 Å². The molecule has 18 heavy (non-hydrogen) atoms. The Morgan fingerprint density at radius 3 is 2.44 bits per heavy atom. The minimum absolute atomic E-state index is 0.250. The fraction of sp³-hybridized carbons (Fsp3) is 0.417. The third-order valence-electron chi connectivity index (χ3n) is 2.12. The Labute approximate surface area is 104 Å². The van der Waals surface area contributed by atoms with E-state index in [0.717, 1.165) is 0 Å². The molecule has 0 aliphatic rings. The van der Waals surface area contributed by atoms with Gasteiger partial charge in [-0.25, -0.2) is 0 Å². The van der Waals surface area contributed by atoms with Crippen LogP contribution in [0.2, 0.25) is 0 Å². The number of ether oxygens (including phenoxy) is 1. The Morgan fingerprint density at radius 2 is 1.94 bits per heavy atom. The largest absolute Gasteiger partial charge is 0.550 e. The smallest absolute Gasteiger partial charge is 0.309 e. The van der Waals surface area contributed by atoms with Crippen LogP contribution < -0.4 is 5.11 Å². The lowest BCUT2D eigenvalue weighted by Gasteiger charge is -2.08. The van der Waals surface area contributed by atoms with E-state index in [9.17, 15) is 14.7 Å². The van der Waals surface area contributed by atoms with Gasteiger partial charge in [-0.1, -0.05) is 0 Å². The van der Waals surface area contributed by atoms with Crippen LogP contribution in [0.1, 0.15) is 23.9 Å². The van der Waals surface area contributed by atoms with E-state index in [1.165, 1.54) is 0 Å². The average Bonchev–Trinajstić information content (AvgIpc) is 2.24. The van der Waals surface area contributed by atoms with Crippen LogP contribution in [0, 0.1) is 0 Å². The summed E-state index contributed by atoms with van der Waals surface area (Å²) in [6.07, 6.45) is -0.591. The minimum Gasteiger partial charge on any atom is -0.550 e. The summed E-state index contributed by atoms with van der Waals surface area (Å²) >= 11 is 0. The normalized spacial score (nSPS) is 10.3. The molecule has 98 valence electrons. The van der Waals surface area contributed by atoms with Crippen LogP contribution >= 0.6 is 0 Å². The summed E-state index contributed by atoms with van der Waals surface area (Å²) < 4.78 is 5.20. The Kier molecular flexibility index (Phi) is 5.26. The van der Waals surface area contributed by atoms with Crippen LogP contribution in [0.4, 0.5) is 0 Å². The lowest BCUT2D eigenvalue weighted by atomic mass is 10.1. The molecule has 1 N–H and O–H groups in total. The summed E-state index contributed by atoms with van der Waals surface area (Å²) in [5.74, 6) is -2.27. The van der Waals surface area contributed by atoms with E-state index in [-0.39, 0.29) is 18.5 Å². The monoisotopic (exact) mass is 252 g/mol. The highest BCUT2D eigenvalue weighted by Crippen LogP contribution is 2.09. The molecule has 0 unspecified atom stereocenters. The van der Waals surface area contributed by atoms with Gasteiger partial charge in [-0.3, -0.25) is 9.78 Å². The third kappa shape index (κ3) is 4.92. The fourth-order valence-electron chi connectivity index (χ4n) is 1.51. The maximum absolute atomic E-state index is 10.6. The second-order valence-corrected chi connectivity index (χ2v) is 3.71. The molecular weight excluding hydrogens is 238 g/mol. The van der Waals surface area contributed by atoms with Crippen LogP contribution in [0.3, 0.4) is 0 Å². The third-order valence-corrected chi connectivity index (χ3v) is 2.12. The lowest BCUT2D eigenvalue weighted by Crippen LogP contribution is -2.25. The van der Waals surface area contributed by atoms with Gasteiger partial charge in [-0.2, -0.15) is 0 Å². The Morgan fingerprint density at radius 1 is 1.33 bits per heavy atom. The summed E-state index contributed by atoms with van der Waals surface area (Å²) in [4.78, 5) is 25.1. The number of hydrogen-bond donors (Lipinski definition) is 1. The Hall–Kier alpha value is -1.95. The minimum atomic E-state index is -1.25. The van der Waals surface area contributed by atoms with Crippen molar-refractivity contribution in [2.45, 2.75) is 26.4 Å². The topological polar surface area (TPSA) is 99.5 Å². The lowest BCUT2D eigenvalue weighted by molar-refractivity contribution is -0.304. The predicted octanol–water partition coefficient (Wildman–Crippen LogP) is -0.462. The molecule has 1 aromatic heterocycles. The first-order chi connectivity index (χ1) is 8.51. The van der Waals surface area contributed by atoms with Gasteiger partial charge >= 0.3 is 5.97 Å². The molecule has 0 bridgehead atoms. The van der Waals surface area contributed by atoms with Crippen molar-refractivity contribution in [1.29, 1.82) is 0 Å². The number of carbonyl (C=O) groups is 2. The van der Waals surface area contributed by atoms with Crippen LogP contribution in [0.15, 0.2) is 12.1 Å². The number of carbonyl (C=O) groups excluding carboxylic acids is 1. The van der Waals surface area contributed by atoms with Gasteiger partial charge in [0.1, 0.15) is 0 Å². The molecule has 0 atom stereocenters. The van der Waals surface area contributed by atoms with E-state index in [1.807, 2.05) is 6.92 Å². The molecule has 0 saturated carbocycles. The van der Waals surface area contributed by atoms with E-state index in [2.05, 4.69) is 4.98 Å². The molecule has 1 aromatic rings. The van der Waals surface area contributed by atoms with Crippen molar-refractivity contribution in [2.75, 3.05) is 6.61 Å². The molecule has 0 aliphatic heterocycles. The van der Waals surface area contributed by atoms with Crippen LogP contribution in [0.25, 0.3) is 0 Å². The SMILES string of the molecule is CCOCc1cc(CC(=O)[O-])nc(CC(=O)O)c1. The first-order valence-electron chi connectivity index (χ1n) is 5.49. The summed E-state index contributed by atoms with van der Waals surface area (Å²) in [7, 11) is 0. The van der Waals surface area contributed by atoms with Gasteiger partial charge in [0.05, 0.1) is 18.7 Å². The predicted molar refractivity (Wildman–Crippen MR) is 59.6 cm³/mol. The van der Waals surface area contributed by atoms with Gasteiger partial charge in [0.25, 0.3) is 0 Å². The molecule has 1 rings (SSSR count). The van der Waals surface area contributed by atoms with E-state index < -0.39 is 11.9 Å². The number of rotatable bonds is 7. The second-order valence-electron chi connectivity index (χ2n) is 3.71. The Bertz CT molecular complexity index is 410. The molecule has 0 amide bonds. The number of pyridine rings is 1. The molecule has 0 fully saturated rings. The molecule has 0 spiro atoms. The average molecular weight is 252 g/mol. The molecule has 6 nitrogen and oxygen atoms in total. The van der Waals surface area contributed by atoms with Crippen LogP contribution in [0.5, 0.6) is 0 Å². The maximum Gasteiger partial charge on any atom is 0.309 e. The maximum atomic E-state index is 10.6. The van der Waals surface area contributed by atoms with Crippen molar-refractivity contribution >= 4 is 11.9 Å². The van der Waals surface area contributed by atoms with E-state index in [4.69, 9.17) is 9.84 Å². The summed E-state index contributed by atoms with van der Waals surface area (Å²) in [5, 5.41) is 19.2. The van der Waals surface area contributed by atoms with Gasteiger partial charge < -0.3 is 19.7 Å². The quantitative estimate of drug-likeness (QED) is 0.704. The molecule has 0 radical (unpaired) electrons. The molecule has 1 heterocycles. The first-order valence-corrected chi connectivity index (χ1v) is 5.49. The van der Waals surface area contributed by atoms with Crippen LogP contribution in [-0.2, 0) is 33.8 Å². The first kappa shape index (κ1) is 14.1. The second kappa shape index (κ2) is 6.70. The highest BCUT2D eigenvalue weighted by atomic mass is 16.5. The van der Waals surface area contributed by atoms with Crippen molar-refractivity contribution in [2.24, 2.45) is 0 Å². The van der Waals surface area contributed by atoms with Gasteiger partial charge in [0, 0.05) is 24.7 Å². The fourth-order valence-corrected chi connectivity index (χ4v) is 1.51. The number of carboxylic acid groups (broad SMARTS) is 2. The zero-order valence-corrected chi connectivity index (χ0v) is 10.0. The molecule has 0 aliphatic carbocycles. The highest BCUT2D eigenvalue weighted by molar-refractivity contribution is 5.70. The zero-order chi connectivity index (χ0) is 13.5. The zero-order valence-electron chi connectivity index (χ0n) is 10.0. The van der Waals surface area contributed by atoms with Crippen molar-refractivity contribution in [3.8, 4) is 0 Å². The molecule has 0 saturated heterocycles. The number of nitrogens with zero attached hydrogens (tertiary/aromatic N) is 1.